The summed E-state index contributed by atoms with van der Waals surface area (Å²) in [6.45, 7) is 13.8. The van der Waals surface area contributed by atoms with E-state index in [1.54, 1.807) is 13.0 Å². The molecule has 3 fully saturated rings. The van der Waals surface area contributed by atoms with Crippen molar-refractivity contribution in [1.82, 2.24) is 9.47 Å². The van der Waals surface area contributed by atoms with Gasteiger partial charge in [0.1, 0.15) is 0 Å². The van der Waals surface area contributed by atoms with E-state index in [0.29, 0.717) is 30.7 Å². The van der Waals surface area contributed by atoms with Gasteiger partial charge in [-0.2, -0.15) is 0 Å². The zero-order chi connectivity index (χ0) is 26.8. The number of β-amino-alcohol motifs (C(OH)–C–C–N with tert-alkyl or cyclic N) is 1. The lowest BCUT2D eigenvalue weighted by Gasteiger charge is -2.61. The summed E-state index contributed by atoms with van der Waals surface area (Å²) in [5.74, 6) is 1.38. The molecule has 6 nitrogen and oxygen atoms in total. The Morgan fingerprint density at radius 2 is 1.86 bits per heavy atom. The van der Waals surface area contributed by atoms with Gasteiger partial charge in [0, 0.05) is 43.9 Å². The summed E-state index contributed by atoms with van der Waals surface area (Å²) in [5.41, 5.74) is -0.437. The van der Waals surface area contributed by atoms with Crippen LogP contribution in [0.3, 0.4) is 0 Å². The maximum Gasteiger partial charge on any atom is 0.250 e. The highest BCUT2D eigenvalue weighted by atomic mass is 16.3. The molecule has 1 saturated heterocycles. The number of likely N-dealkylation sites (tertiary alicyclic amines) is 1. The largest absolute Gasteiger partial charge is 0.390 e. The number of hydrogen-bond acceptors (Lipinski definition) is 5. The highest BCUT2D eigenvalue weighted by Gasteiger charge is 2.58. The van der Waals surface area contributed by atoms with E-state index in [0.717, 1.165) is 57.4 Å². The minimum atomic E-state index is -1.22. The Hall–Kier alpha value is -1.21. The molecule has 0 aromatic carbocycles. The highest BCUT2D eigenvalue weighted by Crippen LogP contribution is 2.63. The average molecular weight is 515 g/mol. The van der Waals surface area contributed by atoms with Gasteiger partial charge in [0.05, 0.1) is 17.3 Å². The van der Waals surface area contributed by atoms with E-state index < -0.39 is 17.3 Å². The summed E-state index contributed by atoms with van der Waals surface area (Å²) in [6, 6.07) is 5.56. The predicted octanol–water partition coefficient (Wildman–Crippen LogP) is 4.15. The van der Waals surface area contributed by atoms with E-state index in [2.05, 4.69) is 31.7 Å². The van der Waals surface area contributed by atoms with Gasteiger partial charge in [0.25, 0.3) is 5.56 Å². The Labute approximate surface area is 223 Å². The minimum absolute atomic E-state index is 0.0559. The number of rotatable bonds is 6. The van der Waals surface area contributed by atoms with Gasteiger partial charge >= 0.3 is 0 Å². The van der Waals surface area contributed by atoms with Gasteiger partial charge in [0.2, 0.25) is 0 Å². The molecule has 2 bridgehead atoms. The molecule has 2 aliphatic carbocycles. The Morgan fingerprint density at radius 3 is 2.62 bits per heavy atom. The predicted molar refractivity (Wildman–Crippen MR) is 146 cm³/mol. The van der Waals surface area contributed by atoms with Gasteiger partial charge in [-0.1, -0.05) is 33.3 Å². The first kappa shape index (κ1) is 27.4. The van der Waals surface area contributed by atoms with Gasteiger partial charge in [0.15, 0.2) is 0 Å². The second-order valence-electron chi connectivity index (χ2n) is 14.7. The molecule has 0 spiro atoms. The number of fused-ring (bicyclic) bond motifs is 5. The van der Waals surface area contributed by atoms with Gasteiger partial charge in [-0.15, -0.1) is 0 Å². The van der Waals surface area contributed by atoms with Crippen molar-refractivity contribution in [3.05, 3.63) is 34.2 Å². The molecule has 1 aromatic rings. The molecule has 1 aromatic heterocycles. The third-order valence-electron chi connectivity index (χ3n) is 11.4. The number of aliphatic hydroxyl groups excluding tert-OH is 1. The molecule has 8 atom stereocenters. The first-order valence-corrected chi connectivity index (χ1v) is 14.8. The lowest BCUT2D eigenvalue weighted by atomic mass is 9.45. The lowest BCUT2D eigenvalue weighted by Crippen LogP contribution is -2.58. The summed E-state index contributed by atoms with van der Waals surface area (Å²) in [6.07, 6.45) is 6.88. The van der Waals surface area contributed by atoms with Crippen LogP contribution in [0.15, 0.2) is 23.0 Å². The van der Waals surface area contributed by atoms with Crippen LogP contribution in [0.1, 0.15) is 97.6 Å². The third kappa shape index (κ3) is 4.97. The molecule has 4 aliphatic rings. The Kier molecular flexibility index (Phi) is 7.00. The fraction of sp³-hybridized carbons (Fsp3) is 0.839. The van der Waals surface area contributed by atoms with Crippen molar-refractivity contribution in [2.45, 2.75) is 116 Å². The Bertz CT molecular complexity index is 1050. The number of aromatic nitrogens is 1. The molecular weight excluding hydrogens is 464 g/mol. The second-order valence-corrected chi connectivity index (χ2v) is 14.7. The van der Waals surface area contributed by atoms with Crippen molar-refractivity contribution in [3.63, 3.8) is 0 Å². The summed E-state index contributed by atoms with van der Waals surface area (Å²) in [5, 5.41) is 34.3. The molecule has 6 heteroatoms. The molecule has 37 heavy (non-hydrogen) atoms. The van der Waals surface area contributed by atoms with E-state index in [1.807, 2.05) is 17.6 Å². The van der Waals surface area contributed by atoms with E-state index in [4.69, 9.17) is 0 Å². The molecule has 208 valence electrons. The summed E-state index contributed by atoms with van der Waals surface area (Å²) in [7, 11) is 0. The lowest BCUT2D eigenvalue weighted by molar-refractivity contribution is -0.176. The fourth-order valence-corrected chi connectivity index (χ4v) is 9.45. The van der Waals surface area contributed by atoms with Crippen molar-refractivity contribution in [1.29, 1.82) is 0 Å². The third-order valence-corrected chi connectivity index (χ3v) is 11.4. The summed E-state index contributed by atoms with van der Waals surface area (Å²) < 4.78 is 1.93. The highest BCUT2D eigenvalue weighted by molar-refractivity contribution is 5.17. The molecule has 0 amide bonds. The molecular formula is C31H50N2O4. The molecule has 2 aliphatic heterocycles. The van der Waals surface area contributed by atoms with Crippen LogP contribution in [-0.4, -0.2) is 61.7 Å². The number of nitrogens with zero attached hydrogens (tertiary/aromatic N) is 2. The minimum Gasteiger partial charge on any atom is -0.390 e. The van der Waals surface area contributed by atoms with Crippen molar-refractivity contribution in [2.24, 2.45) is 28.6 Å². The fourth-order valence-electron chi connectivity index (χ4n) is 9.45. The van der Waals surface area contributed by atoms with Crippen molar-refractivity contribution in [3.8, 4) is 0 Å². The van der Waals surface area contributed by atoms with Gasteiger partial charge in [-0.3, -0.25) is 9.69 Å². The smallest absolute Gasteiger partial charge is 0.250 e. The number of pyridine rings is 1. The van der Waals surface area contributed by atoms with E-state index in [-0.39, 0.29) is 22.3 Å². The average Bonchev–Trinajstić information content (AvgIpc) is 2.78. The zero-order valence-corrected chi connectivity index (χ0v) is 23.7. The number of piperidine rings is 1. The van der Waals surface area contributed by atoms with Crippen molar-refractivity contribution >= 4 is 0 Å². The summed E-state index contributed by atoms with van der Waals surface area (Å²) in [4.78, 5) is 14.6. The molecule has 3 heterocycles. The topological polar surface area (TPSA) is 85.9 Å². The first-order chi connectivity index (χ1) is 17.2. The quantitative estimate of drug-likeness (QED) is 0.531. The maximum atomic E-state index is 12.3. The maximum absolute atomic E-state index is 12.3. The number of aliphatic hydroxyl groups is 3. The second kappa shape index (κ2) is 9.46. The monoisotopic (exact) mass is 514 g/mol. The van der Waals surface area contributed by atoms with E-state index in [9.17, 15) is 20.1 Å². The molecule has 0 unspecified atom stereocenters. The first-order valence-electron chi connectivity index (χ1n) is 14.8. The van der Waals surface area contributed by atoms with Crippen LogP contribution in [0, 0.1) is 28.6 Å². The SMILES string of the molecule is CC1(C)CCC[C@@]2(C)[C@@H]1CC[C@@](C)(O)[C@@H]2CC[C@@](C)(O)[C@@H](O)CN1C[C@H]2C[C@@H](C1)c1cccc(=O)n1C2. The van der Waals surface area contributed by atoms with Gasteiger partial charge < -0.3 is 19.9 Å². The Morgan fingerprint density at radius 1 is 1.11 bits per heavy atom. The van der Waals surface area contributed by atoms with Crippen LogP contribution in [0.5, 0.6) is 0 Å². The molecule has 5 rings (SSSR count). The molecule has 2 saturated carbocycles. The van der Waals surface area contributed by atoms with E-state index in [1.165, 1.54) is 12.8 Å². The molecule has 0 radical (unpaired) electrons. The zero-order valence-electron chi connectivity index (χ0n) is 23.7. The van der Waals surface area contributed by atoms with Gasteiger partial charge in [-0.05, 0) is 93.4 Å². The standard InChI is InChI=1S/C31H50N2O4/c1-28(2)12-7-13-29(3)24(28)10-14-30(4,36)25(29)11-15-31(5,37)26(34)20-32-17-21-16-22(19-32)23-8-6-9-27(35)33(23)18-21/h6,8-9,21-22,24-26,34,36-37H,7,10-20H2,1-5H3/t21-,22+,24-,25-,26+,29+,30-,31-/m1/s1. The van der Waals surface area contributed by atoms with Crippen LogP contribution >= 0.6 is 0 Å². The van der Waals surface area contributed by atoms with Crippen LogP contribution < -0.4 is 5.56 Å². The number of hydrogen-bond donors (Lipinski definition) is 3. The summed E-state index contributed by atoms with van der Waals surface area (Å²) >= 11 is 0. The molecule has 3 N–H and O–H groups in total. The van der Waals surface area contributed by atoms with Crippen molar-refractivity contribution < 1.29 is 15.3 Å². The van der Waals surface area contributed by atoms with Crippen LogP contribution in [0.25, 0.3) is 0 Å². The van der Waals surface area contributed by atoms with Crippen molar-refractivity contribution in [2.75, 3.05) is 19.6 Å². The van der Waals surface area contributed by atoms with E-state index >= 15 is 0 Å². The van der Waals surface area contributed by atoms with Crippen LogP contribution in [0.2, 0.25) is 0 Å². The van der Waals surface area contributed by atoms with Gasteiger partial charge in [-0.25, -0.2) is 0 Å². The Balaban J connectivity index is 1.25. The normalized spacial score (nSPS) is 39.8. The van der Waals surface area contributed by atoms with Crippen LogP contribution in [-0.2, 0) is 6.54 Å². The van der Waals surface area contributed by atoms with Crippen LogP contribution in [0.4, 0.5) is 0 Å².